The number of carboxylic acids is 1. The maximum Gasteiger partial charge on any atom is 0.326 e. The molecule has 0 unspecified atom stereocenters. The Bertz CT molecular complexity index is 722. The molecule has 1 heterocycles. The molecule has 1 N–H and O–H groups in total. The highest BCUT2D eigenvalue weighted by Gasteiger charge is 2.35. The number of aliphatic carboxylic acids is 1. The van der Waals surface area contributed by atoms with E-state index in [0.717, 1.165) is 11.8 Å². The van der Waals surface area contributed by atoms with Gasteiger partial charge in [0.25, 0.3) is 5.09 Å². The third kappa shape index (κ3) is 5.68. The van der Waals surface area contributed by atoms with Gasteiger partial charge in [0.05, 0.1) is 0 Å². The molecule has 9 nitrogen and oxygen atoms in total. The number of likely N-dealkylation sites (tertiary alicyclic amines) is 1. The lowest BCUT2D eigenvalue weighted by Gasteiger charge is -2.24. The number of nitrogens with zero attached hydrogens (tertiary/aromatic N) is 2. The van der Waals surface area contributed by atoms with Gasteiger partial charge in [-0.25, -0.2) is 4.79 Å². The highest BCUT2D eigenvalue weighted by Crippen LogP contribution is 2.23. The minimum absolute atomic E-state index is 0.194. The number of rotatable bonds is 8. The van der Waals surface area contributed by atoms with Crippen molar-refractivity contribution >= 4 is 28.8 Å². The molecule has 1 aliphatic heterocycles. The molecule has 146 valence electrons. The number of amides is 1. The molecule has 1 aromatic carbocycles. The van der Waals surface area contributed by atoms with Crippen LogP contribution in [-0.4, -0.2) is 50.4 Å². The van der Waals surface area contributed by atoms with E-state index in [4.69, 9.17) is 0 Å². The molecule has 27 heavy (non-hydrogen) atoms. The zero-order valence-corrected chi connectivity index (χ0v) is 15.5. The van der Waals surface area contributed by atoms with Crippen molar-refractivity contribution in [3.05, 3.63) is 45.5 Å². The molecule has 2 rings (SSSR count). The predicted octanol–water partition coefficient (Wildman–Crippen LogP) is 1.98. The minimum atomic E-state index is -1.00. The molecule has 1 aromatic rings. The Labute approximate surface area is 159 Å². The number of benzene rings is 1. The summed E-state index contributed by atoms with van der Waals surface area (Å²) in [6.07, 6.45) is 1.11. The lowest BCUT2D eigenvalue weighted by Crippen LogP contribution is -2.43. The van der Waals surface area contributed by atoms with Crippen LogP contribution in [0.2, 0.25) is 0 Å². The summed E-state index contributed by atoms with van der Waals surface area (Å²) in [5.74, 6) is -1.50. The van der Waals surface area contributed by atoms with E-state index in [1.54, 1.807) is 31.2 Å². The zero-order chi connectivity index (χ0) is 20.0. The first-order valence-electron chi connectivity index (χ1n) is 8.36. The summed E-state index contributed by atoms with van der Waals surface area (Å²) in [5.41, 5.74) is 0.972. The Balaban J connectivity index is 1.86. The van der Waals surface area contributed by atoms with Crippen LogP contribution < -0.4 is 0 Å². The monoisotopic (exact) mass is 396 g/mol. The fourth-order valence-electron chi connectivity index (χ4n) is 2.79. The van der Waals surface area contributed by atoms with E-state index in [2.05, 4.69) is 4.84 Å². The summed E-state index contributed by atoms with van der Waals surface area (Å²) in [6.45, 7) is 1.91. The van der Waals surface area contributed by atoms with Crippen LogP contribution in [0.3, 0.4) is 0 Å². The fourth-order valence-corrected chi connectivity index (χ4v) is 3.64. The Morgan fingerprint density at radius 1 is 1.37 bits per heavy atom. The summed E-state index contributed by atoms with van der Waals surface area (Å²) in [4.78, 5) is 51.7. The van der Waals surface area contributed by atoms with Crippen LogP contribution in [-0.2, 0) is 21.0 Å². The number of hydrogen-bond acceptors (Lipinski definition) is 7. The molecule has 2 atom stereocenters. The fraction of sp³-hybridized carbons (Fsp3) is 0.471. The molecule has 10 heteroatoms. The van der Waals surface area contributed by atoms with E-state index < -0.39 is 23.0 Å². The smallest absolute Gasteiger partial charge is 0.326 e. The van der Waals surface area contributed by atoms with Crippen molar-refractivity contribution in [3.63, 3.8) is 0 Å². The second kappa shape index (κ2) is 9.36. The third-order valence-electron chi connectivity index (χ3n) is 4.23. The second-order valence-electron chi connectivity index (χ2n) is 6.22. The van der Waals surface area contributed by atoms with Crippen LogP contribution in [0, 0.1) is 16.0 Å². The van der Waals surface area contributed by atoms with E-state index in [9.17, 15) is 29.6 Å². The topological polar surface area (TPSA) is 127 Å². The van der Waals surface area contributed by atoms with Gasteiger partial charge in [-0.15, -0.1) is 10.1 Å². The van der Waals surface area contributed by atoms with Crippen molar-refractivity contribution in [2.45, 2.75) is 32.4 Å². The van der Waals surface area contributed by atoms with E-state index in [-0.39, 0.29) is 23.4 Å². The Morgan fingerprint density at radius 2 is 2.04 bits per heavy atom. The van der Waals surface area contributed by atoms with Crippen LogP contribution in [0.25, 0.3) is 0 Å². The standard InChI is InChI=1S/C17H20N2O7S/c1-11(15(20)18-8-2-3-14(18)16(21)22)10-27-17(23)13-6-4-12(5-7-13)9-26-19(24)25/h4-7,11,14H,2-3,8-10H2,1H3,(H,21,22)/t11-,14+/m1/s1. The van der Waals surface area contributed by atoms with E-state index >= 15 is 0 Å². The van der Waals surface area contributed by atoms with E-state index in [0.29, 0.717) is 30.5 Å². The van der Waals surface area contributed by atoms with Crippen LogP contribution >= 0.6 is 11.8 Å². The highest BCUT2D eigenvalue weighted by molar-refractivity contribution is 8.14. The van der Waals surface area contributed by atoms with Crippen LogP contribution in [0.15, 0.2) is 24.3 Å². The molecule has 0 radical (unpaired) electrons. The predicted molar refractivity (Wildman–Crippen MR) is 96.5 cm³/mol. The zero-order valence-electron chi connectivity index (χ0n) is 14.7. The lowest BCUT2D eigenvalue weighted by atomic mass is 10.1. The average Bonchev–Trinajstić information content (AvgIpc) is 3.14. The minimum Gasteiger partial charge on any atom is -0.480 e. The van der Waals surface area contributed by atoms with Gasteiger partial charge in [0.2, 0.25) is 11.0 Å². The number of carboxylic acid groups (broad SMARTS) is 1. The summed E-state index contributed by atoms with van der Waals surface area (Å²) in [7, 11) is 0. The number of thioether (sulfide) groups is 1. The van der Waals surface area contributed by atoms with Gasteiger partial charge in [-0.05, 0) is 18.4 Å². The summed E-state index contributed by atoms with van der Waals surface area (Å²) >= 11 is 0.985. The molecule has 1 amide bonds. The molecule has 0 saturated carbocycles. The van der Waals surface area contributed by atoms with Crippen molar-refractivity contribution in [2.75, 3.05) is 12.3 Å². The molecule has 0 bridgehead atoms. The van der Waals surface area contributed by atoms with Crippen LogP contribution in [0.1, 0.15) is 35.7 Å². The number of carbonyl (C=O) groups excluding carboxylic acids is 2. The SMILES string of the molecule is C[C@H](CSC(=O)c1ccc(CO[N+](=O)[O-])cc1)C(=O)N1CCC[C@H]1C(=O)O. The lowest BCUT2D eigenvalue weighted by molar-refractivity contribution is -0.763. The van der Waals surface area contributed by atoms with Crippen molar-refractivity contribution in [1.82, 2.24) is 4.90 Å². The van der Waals surface area contributed by atoms with Crippen molar-refractivity contribution < 1.29 is 29.4 Å². The van der Waals surface area contributed by atoms with Gasteiger partial charge in [-0.1, -0.05) is 43.0 Å². The molecule has 0 aliphatic carbocycles. The van der Waals surface area contributed by atoms with Crippen molar-refractivity contribution in [3.8, 4) is 0 Å². The third-order valence-corrected chi connectivity index (χ3v) is 5.40. The first-order valence-corrected chi connectivity index (χ1v) is 9.34. The maximum absolute atomic E-state index is 12.4. The average molecular weight is 396 g/mol. The van der Waals surface area contributed by atoms with Gasteiger partial charge in [-0.2, -0.15) is 0 Å². The van der Waals surface area contributed by atoms with Gasteiger partial charge >= 0.3 is 5.97 Å². The summed E-state index contributed by atoms with van der Waals surface area (Å²) in [5, 5.41) is 18.2. The van der Waals surface area contributed by atoms with Crippen LogP contribution in [0.5, 0.6) is 0 Å². The van der Waals surface area contributed by atoms with Gasteiger partial charge in [0.1, 0.15) is 12.6 Å². The van der Waals surface area contributed by atoms with Gasteiger partial charge < -0.3 is 14.8 Å². The maximum atomic E-state index is 12.4. The normalized spacial score (nSPS) is 17.4. The quantitative estimate of drug-likeness (QED) is 0.522. The molecule has 0 aromatic heterocycles. The molecular weight excluding hydrogens is 376 g/mol. The highest BCUT2D eigenvalue weighted by atomic mass is 32.2. The van der Waals surface area contributed by atoms with Crippen molar-refractivity contribution in [2.24, 2.45) is 5.92 Å². The largest absolute Gasteiger partial charge is 0.480 e. The van der Waals surface area contributed by atoms with E-state index in [1.807, 2.05) is 0 Å². The first kappa shape index (κ1) is 20.7. The summed E-state index contributed by atoms with van der Waals surface area (Å²) in [6, 6.07) is 5.43. The first-order chi connectivity index (χ1) is 12.8. The van der Waals surface area contributed by atoms with E-state index in [1.165, 1.54) is 4.90 Å². The molecular formula is C17H20N2O7S. The Morgan fingerprint density at radius 3 is 2.63 bits per heavy atom. The van der Waals surface area contributed by atoms with Gasteiger partial charge in [0, 0.05) is 23.8 Å². The summed E-state index contributed by atoms with van der Waals surface area (Å²) < 4.78 is 0. The van der Waals surface area contributed by atoms with Gasteiger partial charge in [0.15, 0.2) is 0 Å². The van der Waals surface area contributed by atoms with Crippen LogP contribution in [0.4, 0.5) is 0 Å². The molecule has 1 fully saturated rings. The second-order valence-corrected chi connectivity index (χ2v) is 7.21. The molecule has 1 saturated heterocycles. The molecule has 0 spiro atoms. The number of carbonyl (C=O) groups is 3. The van der Waals surface area contributed by atoms with Crippen molar-refractivity contribution in [1.29, 1.82) is 0 Å². The number of hydrogen-bond donors (Lipinski definition) is 1. The van der Waals surface area contributed by atoms with Gasteiger partial charge in [-0.3, -0.25) is 9.59 Å². The Hall–Kier alpha value is -2.62. The Kier molecular flexibility index (Phi) is 7.17. The molecule has 1 aliphatic rings.